The molecule has 1 aliphatic heterocycles. The molecule has 3 unspecified atom stereocenters. The molecule has 3 N–H and O–H groups in total. The molecule has 0 spiro atoms. The smallest absolute Gasteiger partial charge is 0.257 e. The van der Waals surface area contributed by atoms with Crippen molar-refractivity contribution in [3.63, 3.8) is 0 Å². The Kier molecular flexibility index (Phi) is 3.12. The number of likely N-dealkylation sites (tertiary alicyclic amines) is 1. The molecule has 1 aromatic carbocycles. The SMILES string of the molecule is Nc1cc(F)cc(C(=O)N2CC3CCC(O)C3C2)c1F. The van der Waals surface area contributed by atoms with E-state index in [-0.39, 0.29) is 23.1 Å². The summed E-state index contributed by atoms with van der Waals surface area (Å²) in [6.45, 7) is 0.872. The van der Waals surface area contributed by atoms with Gasteiger partial charge in [0.1, 0.15) is 5.82 Å². The van der Waals surface area contributed by atoms with Crippen LogP contribution in [0.15, 0.2) is 12.1 Å². The van der Waals surface area contributed by atoms with E-state index in [0.29, 0.717) is 13.1 Å². The first-order chi connectivity index (χ1) is 9.47. The molecule has 6 heteroatoms. The number of nitrogens with zero attached hydrogens (tertiary/aromatic N) is 1. The van der Waals surface area contributed by atoms with Gasteiger partial charge in [-0.1, -0.05) is 0 Å². The van der Waals surface area contributed by atoms with Gasteiger partial charge in [-0.3, -0.25) is 4.79 Å². The summed E-state index contributed by atoms with van der Waals surface area (Å²) in [6, 6.07) is 1.73. The van der Waals surface area contributed by atoms with Crippen molar-refractivity contribution in [2.24, 2.45) is 11.8 Å². The minimum absolute atomic E-state index is 0.0490. The molecular formula is C14H16F2N2O2. The average molecular weight is 282 g/mol. The molecule has 2 aliphatic rings. The van der Waals surface area contributed by atoms with E-state index < -0.39 is 23.6 Å². The summed E-state index contributed by atoms with van der Waals surface area (Å²) in [5.74, 6) is -1.87. The largest absolute Gasteiger partial charge is 0.396 e. The number of nitrogen functional groups attached to an aromatic ring is 1. The number of halogens is 2. The molecule has 1 aliphatic carbocycles. The van der Waals surface area contributed by atoms with Gasteiger partial charge in [-0.2, -0.15) is 0 Å². The van der Waals surface area contributed by atoms with Gasteiger partial charge in [0.15, 0.2) is 5.82 Å². The first-order valence-corrected chi connectivity index (χ1v) is 6.69. The Balaban J connectivity index is 1.84. The van der Waals surface area contributed by atoms with Crippen LogP contribution in [0.3, 0.4) is 0 Å². The number of benzene rings is 1. The zero-order chi connectivity index (χ0) is 14.4. The maximum atomic E-state index is 13.9. The molecule has 3 atom stereocenters. The predicted molar refractivity (Wildman–Crippen MR) is 68.9 cm³/mol. The Morgan fingerprint density at radius 1 is 1.30 bits per heavy atom. The van der Waals surface area contributed by atoms with Crippen LogP contribution in [-0.4, -0.2) is 35.1 Å². The Morgan fingerprint density at radius 3 is 2.75 bits per heavy atom. The Morgan fingerprint density at radius 2 is 2.05 bits per heavy atom. The fourth-order valence-electron chi connectivity index (χ4n) is 3.34. The lowest BCUT2D eigenvalue weighted by Crippen LogP contribution is -2.31. The van der Waals surface area contributed by atoms with Gasteiger partial charge in [-0.05, 0) is 30.9 Å². The summed E-state index contributed by atoms with van der Waals surface area (Å²) in [6.07, 6.45) is 1.21. The normalized spacial score (nSPS) is 28.8. The third kappa shape index (κ3) is 2.04. The molecular weight excluding hydrogens is 266 g/mol. The second kappa shape index (κ2) is 4.70. The van der Waals surface area contributed by atoms with Crippen LogP contribution in [-0.2, 0) is 0 Å². The van der Waals surface area contributed by atoms with Crippen LogP contribution >= 0.6 is 0 Å². The molecule has 20 heavy (non-hydrogen) atoms. The number of nitrogens with two attached hydrogens (primary N) is 1. The van der Waals surface area contributed by atoms with E-state index in [9.17, 15) is 18.7 Å². The molecule has 1 amide bonds. The van der Waals surface area contributed by atoms with Crippen LogP contribution in [0.25, 0.3) is 0 Å². The summed E-state index contributed by atoms with van der Waals surface area (Å²) in [4.78, 5) is 13.8. The molecule has 3 rings (SSSR count). The first-order valence-electron chi connectivity index (χ1n) is 6.69. The topological polar surface area (TPSA) is 66.6 Å². The highest BCUT2D eigenvalue weighted by molar-refractivity contribution is 5.95. The molecule has 2 fully saturated rings. The molecule has 0 aromatic heterocycles. The van der Waals surface area contributed by atoms with Gasteiger partial charge < -0.3 is 15.7 Å². The van der Waals surface area contributed by atoms with E-state index in [1.165, 1.54) is 4.90 Å². The lowest BCUT2D eigenvalue weighted by molar-refractivity contribution is 0.0747. The van der Waals surface area contributed by atoms with Crippen LogP contribution in [0, 0.1) is 23.5 Å². The Hall–Kier alpha value is -1.69. The van der Waals surface area contributed by atoms with Gasteiger partial charge in [0.05, 0.1) is 17.4 Å². The van der Waals surface area contributed by atoms with E-state index >= 15 is 0 Å². The van der Waals surface area contributed by atoms with E-state index in [0.717, 1.165) is 25.0 Å². The number of aliphatic hydroxyl groups excluding tert-OH is 1. The molecule has 1 heterocycles. The van der Waals surface area contributed by atoms with Crippen molar-refractivity contribution in [2.45, 2.75) is 18.9 Å². The van der Waals surface area contributed by atoms with Gasteiger partial charge in [-0.15, -0.1) is 0 Å². The van der Waals surface area contributed by atoms with Crippen molar-refractivity contribution in [3.8, 4) is 0 Å². The molecule has 0 radical (unpaired) electrons. The molecule has 108 valence electrons. The summed E-state index contributed by atoms with van der Waals surface area (Å²) in [7, 11) is 0. The zero-order valence-corrected chi connectivity index (χ0v) is 10.9. The number of hydrogen-bond donors (Lipinski definition) is 2. The van der Waals surface area contributed by atoms with Crippen LogP contribution in [0.5, 0.6) is 0 Å². The summed E-state index contributed by atoms with van der Waals surface area (Å²) in [5.41, 5.74) is 4.64. The molecule has 1 aromatic rings. The lowest BCUT2D eigenvalue weighted by Gasteiger charge is -2.19. The number of fused-ring (bicyclic) bond motifs is 1. The van der Waals surface area contributed by atoms with Crippen LogP contribution in [0.4, 0.5) is 14.5 Å². The van der Waals surface area contributed by atoms with Gasteiger partial charge in [0.2, 0.25) is 0 Å². The summed E-state index contributed by atoms with van der Waals surface area (Å²) in [5, 5.41) is 9.82. The van der Waals surface area contributed by atoms with Gasteiger partial charge in [-0.25, -0.2) is 8.78 Å². The maximum absolute atomic E-state index is 13.9. The highest BCUT2D eigenvalue weighted by Gasteiger charge is 2.43. The van der Waals surface area contributed by atoms with Gasteiger partial charge >= 0.3 is 0 Å². The lowest BCUT2D eigenvalue weighted by atomic mass is 10.00. The van der Waals surface area contributed by atoms with Crippen molar-refractivity contribution >= 4 is 11.6 Å². The van der Waals surface area contributed by atoms with E-state index in [2.05, 4.69) is 0 Å². The van der Waals surface area contributed by atoms with E-state index in [4.69, 9.17) is 5.73 Å². The van der Waals surface area contributed by atoms with Gasteiger partial charge in [0, 0.05) is 19.0 Å². The number of aliphatic hydroxyl groups is 1. The predicted octanol–water partition coefficient (Wildman–Crippen LogP) is 1.39. The monoisotopic (exact) mass is 282 g/mol. The zero-order valence-electron chi connectivity index (χ0n) is 10.9. The highest BCUT2D eigenvalue weighted by Crippen LogP contribution is 2.38. The van der Waals surface area contributed by atoms with Crippen molar-refractivity contribution in [2.75, 3.05) is 18.8 Å². The van der Waals surface area contributed by atoms with Crippen molar-refractivity contribution in [1.82, 2.24) is 4.90 Å². The number of anilines is 1. The van der Waals surface area contributed by atoms with Crippen LogP contribution in [0.1, 0.15) is 23.2 Å². The van der Waals surface area contributed by atoms with Crippen LogP contribution < -0.4 is 5.73 Å². The second-order valence-corrected chi connectivity index (χ2v) is 5.64. The first kappa shape index (κ1) is 13.3. The standard InChI is InChI=1S/C14H16F2N2O2/c15-8-3-9(13(16)11(17)4-8)14(20)18-5-7-1-2-12(19)10(7)6-18/h3-4,7,10,12,19H,1-2,5-6,17H2. The fourth-order valence-corrected chi connectivity index (χ4v) is 3.34. The third-order valence-corrected chi connectivity index (χ3v) is 4.40. The average Bonchev–Trinajstić information content (AvgIpc) is 2.96. The van der Waals surface area contributed by atoms with Crippen molar-refractivity contribution < 1.29 is 18.7 Å². The van der Waals surface area contributed by atoms with Gasteiger partial charge in [0.25, 0.3) is 5.91 Å². The third-order valence-electron chi connectivity index (χ3n) is 4.40. The quantitative estimate of drug-likeness (QED) is 0.765. The minimum atomic E-state index is -0.881. The van der Waals surface area contributed by atoms with E-state index in [1.807, 2.05) is 0 Å². The Labute approximate surface area is 115 Å². The Bertz CT molecular complexity index is 564. The van der Waals surface area contributed by atoms with Crippen molar-refractivity contribution in [3.05, 3.63) is 29.3 Å². The van der Waals surface area contributed by atoms with Crippen molar-refractivity contribution in [1.29, 1.82) is 0 Å². The fraction of sp³-hybridized carbons (Fsp3) is 0.500. The second-order valence-electron chi connectivity index (χ2n) is 5.64. The summed E-state index contributed by atoms with van der Waals surface area (Å²) < 4.78 is 27.2. The highest BCUT2D eigenvalue weighted by atomic mass is 19.1. The van der Waals surface area contributed by atoms with E-state index in [1.54, 1.807) is 0 Å². The number of carbonyl (C=O) groups is 1. The molecule has 4 nitrogen and oxygen atoms in total. The molecule has 1 saturated carbocycles. The number of rotatable bonds is 1. The maximum Gasteiger partial charge on any atom is 0.257 e. The number of carbonyl (C=O) groups excluding carboxylic acids is 1. The molecule has 0 bridgehead atoms. The van der Waals surface area contributed by atoms with Crippen LogP contribution in [0.2, 0.25) is 0 Å². The minimum Gasteiger partial charge on any atom is -0.396 e. The number of hydrogen-bond acceptors (Lipinski definition) is 3. The molecule has 1 saturated heterocycles. The summed E-state index contributed by atoms with van der Waals surface area (Å²) >= 11 is 0. The number of amides is 1.